The minimum atomic E-state index is -0.579. The van der Waals surface area contributed by atoms with Gasteiger partial charge in [0.15, 0.2) is 0 Å². The van der Waals surface area contributed by atoms with Gasteiger partial charge in [-0.2, -0.15) is 0 Å². The quantitative estimate of drug-likeness (QED) is 0.784. The lowest BCUT2D eigenvalue weighted by molar-refractivity contribution is -0.131. The number of nitrogens with one attached hydrogen (secondary N) is 1. The van der Waals surface area contributed by atoms with Crippen molar-refractivity contribution in [2.24, 2.45) is 0 Å². The number of rotatable bonds is 7. The molecule has 0 spiro atoms. The van der Waals surface area contributed by atoms with Crippen LogP contribution in [0.4, 0.5) is 0 Å². The van der Waals surface area contributed by atoms with Crippen LogP contribution in [0, 0.1) is 6.92 Å². The molecule has 1 heterocycles. The molecule has 0 aliphatic rings. The lowest BCUT2D eigenvalue weighted by atomic mass is 10.2. The van der Waals surface area contributed by atoms with E-state index < -0.39 is 6.04 Å². The average Bonchev–Trinajstić information content (AvgIpc) is 2.84. The number of nitrogens with zero attached hydrogens (tertiary/aromatic N) is 1. The van der Waals surface area contributed by atoms with Gasteiger partial charge in [0, 0.05) is 18.0 Å². The van der Waals surface area contributed by atoms with E-state index in [1.165, 1.54) is 11.3 Å². The van der Waals surface area contributed by atoms with Gasteiger partial charge in [-0.25, -0.2) is 0 Å². The van der Waals surface area contributed by atoms with Gasteiger partial charge in [-0.15, -0.1) is 24.5 Å². The Balaban J connectivity index is 2.66. The number of aryl methyl sites for hydroxylation is 1. The second-order valence-electron chi connectivity index (χ2n) is 4.43. The first-order chi connectivity index (χ1) is 9.49. The molecule has 0 fully saturated rings. The summed E-state index contributed by atoms with van der Waals surface area (Å²) in [5.74, 6) is -0.368. The van der Waals surface area contributed by atoms with Crippen LogP contribution >= 0.6 is 11.3 Å². The van der Waals surface area contributed by atoms with Gasteiger partial charge in [0.05, 0.1) is 4.88 Å². The van der Waals surface area contributed by atoms with Crippen LogP contribution in [0.25, 0.3) is 0 Å². The van der Waals surface area contributed by atoms with Crippen molar-refractivity contribution in [3.8, 4) is 0 Å². The van der Waals surface area contributed by atoms with Gasteiger partial charge < -0.3 is 10.2 Å². The Morgan fingerprint density at radius 1 is 1.35 bits per heavy atom. The molecule has 1 N–H and O–H groups in total. The van der Waals surface area contributed by atoms with Crippen LogP contribution in [0.3, 0.4) is 0 Å². The van der Waals surface area contributed by atoms with Crippen molar-refractivity contribution in [1.82, 2.24) is 10.2 Å². The van der Waals surface area contributed by atoms with E-state index in [-0.39, 0.29) is 11.8 Å². The van der Waals surface area contributed by atoms with Crippen LogP contribution in [-0.2, 0) is 4.79 Å². The highest BCUT2D eigenvalue weighted by Gasteiger charge is 2.21. The Kier molecular flexibility index (Phi) is 6.18. The van der Waals surface area contributed by atoms with Crippen LogP contribution in [0.15, 0.2) is 37.4 Å². The molecule has 1 unspecified atom stereocenters. The fraction of sp³-hybridized carbons (Fsp3) is 0.333. The SMILES string of the molecule is C=CCN(CC=C)C(=O)C(C)NC(=O)c1ccc(C)s1. The Labute approximate surface area is 123 Å². The lowest BCUT2D eigenvalue weighted by Gasteiger charge is -2.23. The van der Waals surface area contributed by atoms with Crippen molar-refractivity contribution in [3.05, 3.63) is 47.2 Å². The summed E-state index contributed by atoms with van der Waals surface area (Å²) in [7, 11) is 0. The third kappa shape index (κ3) is 4.35. The van der Waals surface area contributed by atoms with Crippen LogP contribution in [-0.4, -0.2) is 35.8 Å². The van der Waals surface area contributed by atoms with E-state index in [2.05, 4.69) is 18.5 Å². The highest BCUT2D eigenvalue weighted by Crippen LogP contribution is 2.14. The van der Waals surface area contributed by atoms with E-state index in [4.69, 9.17) is 0 Å². The minimum absolute atomic E-state index is 0.147. The molecular weight excluding hydrogens is 272 g/mol. The normalized spacial score (nSPS) is 11.5. The van der Waals surface area contributed by atoms with Crippen LogP contribution in [0.1, 0.15) is 21.5 Å². The Hall–Kier alpha value is -1.88. The van der Waals surface area contributed by atoms with Gasteiger partial charge in [-0.1, -0.05) is 12.2 Å². The molecule has 1 atom stereocenters. The molecule has 0 saturated carbocycles. The van der Waals surface area contributed by atoms with E-state index in [9.17, 15) is 9.59 Å². The van der Waals surface area contributed by atoms with Crippen molar-refractivity contribution in [2.45, 2.75) is 19.9 Å². The van der Waals surface area contributed by atoms with Gasteiger partial charge in [0.25, 0.3) is 5.91 Å². The first-order valence-corrected chi connectivity index (χ1v) is 7.19. The molecule has 0 aromatic carbocycles. The number of thiophene rings is 1. The van der Waals surface area contributed by atoms with Crippen molar-refractivity contribution in [2.75, 3.05) is 13.1 Å². The topological polar surface area (TPSA) is 49.4 Å². The first kappa shape index (κ1) is 16.2. The molecular formula is C15H20N2O2S. The fourth-order valence-electron chi connectivity index (χ4n) is 1.73. The zero-order valence-electron chi connectivity index (χ0n) is 11.9. The summed E-state index contributed by atoms with van der Waals surface area (Å²) in [5, 5.41) is 2.72. The van der Waals surface area contributed by atoms with Gasteiger partial charge in [0.1, 0.15) is 6.04 Å². The number of hydrogen-bond donors (Lipinski definition) is 1. The number of carbonyl (C=O) groups excluding carboxylic acids is 2. The average molecular weight is 292 g/mol. The summed E-state index contributed by atoms with van der Waals surface area (Å²) >= 11 is 1.41. The highest BCUT2D eigenvalue weighted by molar-refractivity contribution is 7.13. The summed E-state index contributed by atoms with van der Waals surface area (Å²) in [6.45, 7) is 11.7. The second kappa shape index (κ2) is 7.65. The number of carbonyl (C=O) groups is 2. The maximum absolute atomic E-state index is 12.2. The van der Waals surface area contributed by atoms with Gasteiger partial charge in [0.2, 0.25) is 5.91 Å². The van der Waals surface area contributed by atoms with Gasteiger partial charge in [-0.3, -0.25) is 9.59 Å². The van der Waals surface area contributed by atoms with E-state index in [0.29, 0.717) is 18.0 Å². The van der Waals surface area contributed by atoms with Crippen molar-refractivity contribution in [1.29, 1.82) is 0 Å². The molecule has 0 bridgehead atoms. The predicted octanol–water partition coefficient (Wildman–Crippen LogP) is 2.38. The standard InChI is InChI=1S/C15H20N2O2S/c1-5-9-17(10-6-2)15(19)12(4)16-14(18)13-8-7-11(3)20-13/h5-8,12H,1-2,9-10H2,3-4H3,(H,16,18). The number of amides is 2. The van der Waals surface area contributed by atoms with Crippen molar-refractivity contribution >= 4 is 23.2 Å². The Morgan fingerprint density at radius 2 is 1.95 bits per heavy atom. The molecule has 0 aliphatic carbocycles. The smallest absolute Gasteiger partial charge is 0.261 e. The molecule has 108 valence electrons. The van der Waals surface area contributed by atoms with Crippen LogP contribution in [0.2, 0.25) is 0 Å². The summed E-state index contributed by atoms with van der Waals surface area (Å²) in [5.41, 5.74) is 0. The van der Waals surface area contributed by atoms with E-state index in [1.54, 1.807) is 30.0 Å². The first-order valence-electron chi connectivity index (χ1n) is 6.37. The molecule has 4 nitrogen and oxygen atoms in total. The predicted molar refractivity (Wildman–Crippen MR) is 83.0 cm³/mol. The molecule has 5 heteroatoms. The molecule has 1 aromatic rings. The molecule has 0 saturated heterocycles. The van der Waals surface area contributed by atoms with Crippen LogP contribution in [0.5, 0.6) is 0 Å². The monoisotopic (exact) mass is 292 g/mol. The Bertz CT molecular complexity index is 498. The second-order valence-corrected chi connectivity index (χ2v) is 5.71. The lowest BCUT2D eigenvalue weighted by Crippen LogP contribution is -2.46. The number of hydrogen-bond acceptors (Lipinski definition) is 3. The van der Waals surface area contributed by atoms with Crippen molar-refractivity contribution < 1.29 is 9.59 Å². The maximum Gasteiger partial charge on any atom is 0.261 e. The third-order valence-corrected chi connectivity index (χ3v) is 3.69. The molecule has 2 amide bonds. The summed E-state index contributed by atoms with van der Waals surface area (Å²) in [6.07, 6.45) is 3.30. The van der Waals surface area contributed by atoms with Crippen molar-refractivity contribution in [3.63, 3.8) is 0 Å². The summed E-state index contributed by atoms with van der Waals surface area (Å²) in [6, 6.07) is 3.07. The summed E-state index contributed by atoms with van der Waals surface area (Å²) in [4.78, 5) is 27.5. The fourth-order valence-corrected chi connectivity index (χ4v) is 2.50. The van der Waals surface area contributed by atoms with Gasteiger partial charge >= 0.3 is 0 Å². The largest absolute Gasteiger partial charge is 0.340 e. The third-order valence-electron chi connectivity index (χ3n) is 2.69. The Morgan fingerprint density at radius 3 is 2.40 bits per heavy atom. The molecule has 20 heavy (non-hydrogen) atoms. The van der Waals surface area contributed by atoms with Gasteiger partial charge in [-0.05, 0) is 26.0 Å². The molecule has 0 radical (unpaired) electrons. The zero-order valence-corrected chi connectivity index (χ0v) is 12.7. The molecule has 1 aromatic heterocycles. The molecule has 1 rings (SSSR count). The van der Waals surface area contributed by atoms with E-state index in [1.807, 2.05) is 13.0 Å². The zero-order chi connectivity index (χ0) is 15.1. The highest BCUT2D eigenvalue weighted by atomic mass is 32.1. The van der Waals surface area contributed by atoms with E-state index >= 15 is 0 Å². The van der Waals surface area contributed by atoms with E-state index in [0.717, 1.165) is 4.88 Å². The minimum Gasteiger partial charge on any atom is -0.340 e. The van der Waals surface area contributed by atoms with Crippen LogP contribution < -0.4 is 5.32 Å². The molecule has 0 aliphatic heterocycles. The summed E-state index contributed by atoms with van der Waals surface area (Å²) < 4.78 is 0. The maximum atomic E-state index is 12.2.